The molecule has 1 aromatic heterocycles. The predicted octanol–water partition coefficient (Wildman–Crippen LogP) is 3.20. The van der Waals surface area contributed by atoms with E-state index in [-0.39, 0.29) is 5.54 Å². The lowest BCUT2D eigenvalue weighted by molar-refractivity contribution is -0.0436. The van der Waals surface area contributed by atoms with E-state index in [1.807, 2.05) is 6.07 Å². The van der Waals surface area contributed by atoms with E-state index in [4.69, 9.17) is 4.74 Å². The molecule has 2 aromatic rings. The molecule has 10 heteroatoms. The summed E-state index contributed by atoms with van der Waals surface area (Å²) in [5, 5.41) is 0. The van der Waals surface area contributed by atoms with Crippen molar-refractivity contribution in [1.29, 1.82) is 0 Å². The van der Waals surface area contributed by atoms with Gasteiger partial charge >= 0.3 is 5.51 Å². The number of anilines is 1. The molecular weight excluding hydrogens is 407 g/mol. The van der Waals surface area contributed by atoms with Crippen LogP contribution in [0.5, 0.6) is 5.75 Å². The highest BCUT2D eigenvalue weighted by Crippen LogP contribution is 2.48. The second-order valence-corrected chi connectivity index (χ2v) is 9.33. The maximum atomic E-state index is 12.7. The Kier molecular flexibility index (Phi) is 4.73. The van der Waals surface area contributed by atoms with Crippen LogP contribution in [0, 0.1) is 0 Å². The third-order valence-corrected chi connectivity index (χ3v) is 7.09. The minimum absolute atomic E-state index is 0.0327. The largest absolute Gasteiger partial charge is 0.501 e. The third-order valence-electron chi connectivity index (χ3n) is 5.59. The van der Waals surface area contributed by atoms with E-state index >= 15 is 0 Å². The van der Waals surface area contributed by atoms with Gasteiger partial charge in [-0.15, -0.1) is 0 Å². The van der Waals surface area contributed by atoms with E-state index in [0.717, 1.165) is 37.1 Å². The summed E-state index contributed by atoms with van der Waals surface area (Å²) in [4.78, 5) is 7.71. The number of halogens is 3. The molecule has 29 heavy (non-hydrogen) atoms. The van der Waals surface area contributed by atoms with Gasteiger partial charge in [-0.3, -0.25) is 9.88 Å². The number of aromatic nitrogens is 1. The highest BCUT2D eigenvalue weighted by Gasteiger charge is 2.53. The quantitative estimate of drug-likeness (QED) is 0.730. The van der Waals surface area contributed by atoms with Gasteiger partial charge in [0.15, 0.2) is 0 Å². The van der Waals surface area contributed by atoms with E-state index in [9.17, 15) is 21.6 Å². The Morgan fingerprint density at radius 1 is 1.17 bits per heavy atom. The van der Waals surface area contributed by atoms with Crippen LogP contribution in [-0.4, -0.2) is 49.7 Å². The molecule has 2 heterocycles. The highest BCUT2D eigenvalue weighted by atomic mass is 32.2. The van der Waals surface area contributed by atoms with Crippen LogP contribution in [-0.2, 0) is 16.4 Å². The number of sulfone groups is 1. The van der Waals surface area contributed by atoms with Crippen molar-refractivity contribution in [1.82, 2.24) is 9.88 Å². The Balaban J connectivity index is 1.53. The van der Waals surface area contributed by atoms with Gasteiger partial charge in [0.05, 0.1) is 24.9 Å². The van der Waals surface area contributed by atoms with Crippen molar-refractivity contribution in [2.45, 2.75) is 35.3 Å². The van der Waals surface area contributed by atoms with Gasteiger partial charge in [0, 0.05) is 36.1 Å². The summed E-state index contributed by atoms with van der Waals surface area (Å²) in [6.45, 7) is 2.01. The lowest BCUT2D eigenvalue weighted by Gasteiger charge is -2.23. The number of alkyl halides is 3. The topological polar surface area (TPSA) is 62.7 Å². The molecule has 4 rings (SSSR count). The van der Waals surface area contributed by atoms with E-state index in [2.05, 4.69) is 14.8 Å². The summed E-state index contributed by atoms with van der Waals surface area (Å²) < 4.78 is 66.7. The second-order valence-electron chi connectivity index (χ2n) is 7.39. The zero-order chi connectivity index (χ0) is 20.9. The number of benzene rings is 1. The first-order valence-electron chi connectivity index (χ1n) is 9.05. The third kappa shape index (κ3) is 3.55. The first-order valence-corrected chi connectivity index (χ1v) is 10.5. The number of methoxy groups -OCH3 is 1. The van der Waals surface area contributed by atoms with Crippen molar-refractivity contribution in [2.75, 3.05) is 25.2 Å². The van der Waals surface area contributed by atoms with E-state index in [0.29, 0.717) is 24.7 Å². The van der Waals surface area contributed by atoms with Crippen LogP contribution < -0.4 is 9.64 Å². The van der Waals surface area contributed by atoms with Gasteiger partial charge in [-0.1, -0.05) is 0 Å². The Hall–Kier alpha value is -2.33. The zero-order valence-electron chi connectivity index (χ0n) is 15.7. The van der Waals surface area contributed by atoms with Crippen molar-refractivity contribution in [3.63, 3.8) is 0 Å². The van der Waals surface area contributed by atoms with Gasteiger partial charge in [0.25, 0.3) is 9.84 Å². The number of rotatable bonds is 5. The molecule has 2 fully saturated rings. The monoisotopic (exact) mass is 427 g/mol. The fraction of sp³-hybridized carbons (Fsp3) is 0.421. The first kappa shape index (κ1) is 20.0. The van der Waals surface area contributed by atoms with Gasteiger partial charge in [0.2, 0.25) is 0 Å². The molecule has 1 aromatic carbocycles. The summed E-state index contributed by atoms with van der Waals surface area (Å²) in [6.07, 6.45) is 5.46. The summed E-state index contributed by atoms with van der Waals surface area (Å²) in [5.41, 5.74) is -3.56. The molecule has 0 bridgehead atoms. The SMILES string of the molecule is COc1cnccc1CN1CN(c2ccc(S(=O)(=O)C(F)(F)F)cc2)CC12CC2. The minimum Gasteiger partial charge on any atom is -0.495 e. The van der Waals surface area contributed by atoms with Gasteiger partial charge in [0.1, 0.15) is 5.75 Å². The predicted molar refractivity (Wildman–Crippen MR) is 100 cm³/mol. The highest BCUT2D eigenvalue weighted by molar-refractivity contribution is 7.92. The van der Waals surface area contributed by atoms with E-state index < -0.39 is 20.2 Å². The molecule has 1 spiro atoms. The Bertz CT molecular complexity index is 1010. The van der Waals surface area contributed by atoms with Gasteiger partial charge in [-0.25, -0.2) is 8.42 Å². The summed E-state index contributed by atoms with van der Waals surface area (Å²) >= 11 is 0. The van der Waals surface area contributed by atoms with Crippen molar-refractivity contribution < 1.29 is 26.3 Å². The fourth-order valence-corrected chi connectivity index (χ4v) is 4.53. The lowest BCUT2D eigenvalue weighted by atomic mass is 10.2. The maximum absolute atomic E-state index is 12.7. The number of pyridine rings is 1. The smallest absolute Gasteiger partial charge is 0.495 e. The average Bonchev–Trinajstić information content (AvgIpc) is 3.38. The van der Waals surface area contributed by atoms with Gasteiger partial charge in [-0.05, 0) is 43.2 Å². The van der Waals surface area contributed by atoms with Crippen molar-refractivity contribution in [3.05, 3.63) is 48.3 Å². The average molecular weight is 427 g/mol. The van der Waals surface area contributed by atoms with Crippen LogP contribution in [0.15, 0.2) is 47.6 Å². The molecule has 0 amide bonds. The van der Waals surface area contributed by atoms with Crippen molar-refractivity contribution in [3.8, 4) is 5.75 Å². The fourth-order valence-electron chi connectivity index (χ4n) is 3.77. The molecule has 1 aliphatic heterocycles. The molecule has 0 unspecified atom stereocenters. The van der Waals surface area contributed by atoms with Crippen LogP contribution in [0.25, 0.3) is 0 Å². The van der Waals surface area contributed by atoms with Crippen LogP contribution in [0.2, 0.25) is 0 Å². The molecule has 2 aliphatic rings. The van der Waals surface area contributed by atoms with Gasteiger partial charge < -0.3 is 9.64 Å². The zero-order valence-corrected chi connectivity index (χ0v) is 16.5. The van der Waals surface area contributed by atoms with Crippen LogP contribution in [0.1, 0.15) is 18.4 Å². The van der Waals surface area contributed by atoms with Crippen LogP contribution in [0.4, 0.5) is 18.9 Å². The minimum atomic E-state index is -5.34. The molecular formula is C19H20F3N3O3S. The lowest BCUT2D eigenvalue weighted by Crippen LogP contribution is -2.32. The second kappa shape index (κ2) is 6.88. The van der Waals surface area contributed by atoms with Gasteiger partial charge in [-0.2, -0.15) is 13.2 Å². The number of hydrogen-bond donors (Lipinski definition) is 0. The summed E-state index contributed by atoms with van der Waals surface area (Å²) in [5.74, 6) is 0.712. The maximum Gasteiger partial charge on any atom is 0.501 e. The number of ether oxygens (including phenoxy) is 1. The van der Waals surface area contributed by atoms with Crippen LogP contribution in [0.3, 0.4) is 0 Å². The van der Waals surface area contributed by atoms with Crippen LogP contribution >= 0.6 is 0 Å². The van der Waals surface area contributed by atoms with E-state index in [1.165, 1.54) is 12.1 Å². The Labute approximate surface area is 166 Å². The molecule has 0 radical (unpaired) electrons. The molecule has 0 N–H and O–H groups in total. The summed E-state index contributed by atoms with van der Waals surface area (Å²) in [7, 11) is -3.74. The Morgan fingerprint density at radius 3 is 2.45 bits per heavy atom. The molecule has 0 atom stereocenters. The molecule has 1 saturated heterocycles. The summed E-state index contributed by atoms with van der Waals surface area (Å²) in [6, 6.07) is 6.82. The first-order chi connectivity index (χ1) is 13.7. The molecule has 156 valence electrons. The number of hydrogen-bond acceptors (Lipinski definition) is 6. The normalized spacial score (nSPS) is 19.0. The molecule has 1 saturated carbocycles. The standard InChI is InChI=1S/C19H20F3N3O3S/c1-28-17-10-23-9-6-14(17)11-25-13-24(12-18(25)7-8-18)15-2-4-16(5-3-15)29(26,27)19(20,21)22/h2-6,9-10H,7-8,11-13H2,1H3. The van der Waals surface area contributed by atoms with Crippen molar-refractivity contribution in [2.24, 2.45) is 0 Å². The van der Waals surface area contributed by atoms with E-state index in [1.54, 1.807) is 19.5 Å². The van der Waals surface area contributed by atoms with Crippen molar-refractivity contribution >= 4 is 15.5 Å². The Morgan fingerprint density at radius 2 is 1.86 bits per heavy atom. The molecule has 6 nitrogen and oxygen atoms in total. The number of nitrogens with zero attached hydrogens (tertiary/aromatic N) is 3. The molecule has 1 aliphatic carbocycles.